The minimum Gasteiger partial charge on any atom is -0.379 e. The Morgan fingerprint density at radius 3 is 2.23 bits per heavy atom. The van der Waals surface area contributed by atoms with Crippen LogP contribution in [-0.4, -0.2) is 32.7 Å². The van der Waals surface area contributed by atoms with Crippen LogP contribution in [0.4, 0.5) is 0 Å². The zero-order valence-electron chi connectivity index (χ0n) is 16.2. The van der Waals surface area contributed by atoms with Gasteiger partial charge in [-0.2, -0.15) is 5.26 Å². The molecule has 1 aliphatic heterocycles. The number of aromatic nitrogens is 1. The normalized spacial score (nSPS) is 18.8. The summed E-state index contributed by atoms with van der Waals surface area (Å²) < 4.78 is 34.2. The fraction of sp³-hybridized carbons (Fsp3) is 0.217. The molecule has 0 saturated carbocycles. The second-order valence-electron chi connectivity index (χ2n) is 7.30. The fourth-order valence-electron chi connectivity index (χ4n) is 3.58. The van der Waals surface area contributed by atoms with Crippen molar-refractivity contribution in [1.82, 2.24) is 9.71 Å². The predicted molar refractivity (Wildman–Crippen MR) is 113 cm³/mol. The Kier molecular flexibility index (Phi) is 5.91. The first-order chi connectivity index (χ1) is 14.5. The Hall–Kier alpha value is -3.05. The van der Waals surface area contributed by atoms with E-state index in [-0.39, 0.29) is 16.9 Å². The standard InChI is InChI=1S/C23H21N3O3S/c24-14-18-1-3-19(4-2-18)20-5-7-22(8-6-20)30(27,28)26-23-16-29-15-21(23)13-17-9-11-25-12-10-17/h1-12,21,23,26H,13,15-16H2/t21-,23+/m1/s1. The maximum absolute atomic E-state index is 12.9. The van der Waals surface area contributed by atoms with Crippen LogP contribution in [0.15, 0.2) is 78.0 Å². The van der Waals surface area contributed by atoms with Gasteiger partial charge in [-0.15, -0.1) is 0 Å². The van der Waals surface area contributed by atoms with Gasteiger partial charge in [0.25, 0.3) is 0 Å². The molecule has 7 heteroatoms. The van der Waals surface area contributed by atoms with Crippen molar-refractivity contribution < 1.29 is 13.2 Å². The van der Waals surface area contributed by atoms with E-state index in [1.54, 1.807) is 48.8 Å². The molecule has 0 radical (unpaired) electrons. The Morgan fingerprint density at radius 2 is 1.60 bits per heavy atom. The summed E-state index contributed by atoms with van der Waals surface area (Å²) in [5, 5.41) is 8.91. The molecule has 152 valence electrons. The van der Waals surface area contributed by atoms with E-state index >= 15 is 0 Å². The second kappa shape index (κ2) is 8.76. The highest BCUT2D eigenvalue weighted by molar-refractivity contribution is 7.89. The third-order valence-electron chi connectivity index (χ3n) is 5.26. The molecule has 1 fully saturated rings. The van der Waals surface area contributed by atoms with Crippen LogP contribution in [0.2, 0.25) is 0 Å². The maximum atomic E-state index is 12.9. The van der Waals surface area contributed by atoms with Crippen LogP contribution >= 0.6 is 0 Å². The van der Waals surface area contributed by atoms with Gasteiger partial charge in [0.2, 0.25) is 10.0 Å². The highest BCUT2D eigenvalue weighted by atomic mass is 32.2. The van der Waals surface area contributed by atoms with Gasteiger partial charge in [0.15, 0.2) is 0 Å². The number of nitriles is 1. The molecule has 6 nitrogen and oxygen atoms in total. The van der Waals surface area contributed by atoms with Gasteiger partial charge < -0.3 is 4.74 Å². The fourth-order valence-corrected chi connectivity index (χ4v) is 4.87. The van der Waals surface area contributed by atoms with Gasteiger partial charge in [0, 0.05) is 18.3 Å². The Morgan fingerprint density at radius 1 is 0.967 bits per heavy atom. The third kappa shape index (κ3) is 4.57. The Bertz CT molecular complexity index is 1140. The Balaban J connectivity index is 1.47. The largest absolute Gasteiger partial charge is 0.379 e. The molecule has 30 heavy (non-hydrogen) atoms. The number of nitrogens with one attached hydrogen (secondary N) is 1. The van der Waals surface area contributed by atoms with Crippen LogP contribution in [0.25, 0.3) is 11.1 Å². The summed E-state index contributed by atoms with van der Waals surface area (Å²) in [7, 11) is -3.66. The molecule has 0 unspecified atom stereocenters. The summed E-state index contributed by atoms with van der Waals surface area (Å²) in [4.78, 5) is 4.24. The van der Waals surface area contributed by atoms with E-state index in [1.807, 2.05) is 24.3 Å². The lowest BCUT2D eigenvalue weighted by Crippen LogP contribution is -2.40. The van der Waals surface area contributed by atoms with Crippen LogP contribution in [0, 0.1) is 17.2 Å². The SMILES string of the molecule is N#Cc1ccc(-c2ccc(S(=O)(=O)N[C@H]3COC[C@H]3Cc3ccncc3)cc2)cc1. The monoisotopic (exact) mass is 419 g/mol. The van der Waals surface area contributed by atoms with Gasteiger partial charge in [0.1, 0.15) is 0 Å². The molecule has 1 saturated heterocycles. The van der Waals surface area contributed by atoms with Gasteiger partial charge in [-0.1, -0.05) is 24.3 Å². The summed E-state index contributed by atoms with van der Waals surface area (Å²) in [5.74, 6) is 0.0695. The number of hydrogen-bond donors (Lipinski definition) is 1. The van der Waals surface area contributed by atoms with E-state index in [4.69, 9.17) is 10.00 Å². The molecule has 0 bridgehead atoms. The van der Waals surface area contributed by atoms with Gasteiger partial charge in [-0.3, -0.25) is 4.98 Å². The van der Waals surface area contributed by atoms with Crippen molar-refractivity contribution in [2.24, 2.45) is 5.92 Å². The van der Waals surface area contributed by atoms with Crippen molar-refractivity contribution in [2.45, 2.75) is 17.4 Å². The van der Waals surface area contributed by atoms with E-state index in [0.717, 1.165) is 23.1 Å². The van der Waals surface area contributed by atoms with Crippen molar-refractivity contribution >= 4 is 10.0 Å². The van der Waals surface area contributed by atoms with E-state index < -0.39 is 10.0 Å². The lowest BCUT2D eigenvalue weighted by atomic mass is 9.96. The summed E-state index contributed by atoms with van der Waals surface area (Å²) in [5.41, 5.74) is 3.50. The van der Waals surface area contributed by atoms with Crippen LogP contribution in [-0.2, 0) is 21.2 Å². The zero-order valence-corrected chi connectivity index (χ0v) is 17.0. The van der Waals surface area contributed by atoms with Crippen molar-refractivity contribution in [2.75, 3.05) is 13.2 Å². The lowest BCUT2D eigenvalue weighted by Gasteiger charge is -2.19. The van der Waals surface area contributed by atoms with E-state index in [2.05, 4.69) is 15.8 Å². The molecule has 0 amide bonds. The molecule has 2 heterocycles. The first-order valence-electron chi connectivity index (χ1n) is 9.65. The number of hydrogen-bond acceptors (Lipinski definition) is 5. The highest BCUT2D eigenvalue weighted by Gasteiger charge is 2.32. The van der Waals surface area contributed by atoms with E-state index in [0.29, 0.717) is 18.8 Å². The molecular weight excluding hydrogens is 398 g/mol. The van der Waals surface area contributed by atoms with Crippen molar-refractivity contribution in [3.63, 3.8) is 0 Å². The highest BCUT2D eigenvalue weighted by Crippen LogP contribution is 2.24. The van der Waals surface area contributed by atoms with E-state index in [9.17, 15) is 8.42 Å². The molecule has 2 aromatic carbocycles. The number of sulfonamides is 1. The van der Waals surface area contributed by atoms with Crippen molar-refractivity contribution in [3.8, 4) is 17.2 Å². The average Bonchev–Trinajstić information content (AvgIpc) is 3.20. The minimum absolute atomic E-state index is 0.0695. The smallest absolute Gasteiger partial charge is 0.240 e. The number of benzene rings is 2. The molecule has 1 aromatic heterocycles. The summed E-state index contributed by atoms with van der Waals surface area (Å²) in [6, 6.07) is 19.6. The summed E-state index contributed by atoms with van der Waals surface area (Å²) in [6.45, 7) is 0.880. The molecule has 0 aliphatic carbocycles. The molecule has 2 atom stereocenters. The van der Waals surface area contributed by atoms with Gasteiger partial charge >= 0.3 is 0 Å². The number of rotatable bonds is 6. The predicted octanol–water partition coefficient (Wildman–Crippen LogP) is 3.16. The van der Waals surface area contributed by atoms with Crippen molar-refractivity contribution in [1.29, 1.82) is 5.26 Å². The minimum atomic E-state index is -3.66. The number of nitrogens with zero attached hydrogens (tertiary/aromatic N) is 2. The van der Waals surface area contributed by atoms with Crippen LogP contribution in [0.5, 0.6) is 0 Å². The first-order valence-corrected chi connectivity index (χ1v) is 11.1. The van der Waals surface area contributed by atoms with Gasteiger partial charge in [-0.25, -0.2) is 13.1 Å². The molecule has 4 rings (SSSR count). The molecule has 3 aromatic rings. The summed E-state index contributed by atoms with van der Waals surface area (Å²) >= 11 is 0. The first kappa shape index (κ1) is 20.2. The van der Waals surface area contributed by atoms with Gasteiger partial charge in [-0.05, 0) is 59.5 Å². The Labute approximate surface area is 176 Å². The molecule has 0 spiro atoms. The average molecular weight is 420 g/mol. The lowest BCUT2D eigenvalue weighted by molar-refractivity contribution is 0.183. The molecular formula is C23H21N3O3S. The maximum Gasteiger partial charge on any atom is 0.240 e. The van der Waals surface area contributed by atoms with E-state index in [1.165, 1.54) is 0 Å². The van der Waals surface area contributed by atoms with Crippen molar-refractivity contribution in [3.05, 3.63) is 84.2 Å². The number of pyridine rings is 1. The van der Waals surface area contributed by atoms with Crippen LogP contribution in [0.1, 0.15) is 11.1 Å². The topological polar surface area (TPSA) is 92.1 Å². The molecule has 1 N–H and O–H groups in total. The zero-order chi connectivity index (χ0) is 21.0. The quantitative estimate of drug-likeness (QED) is 0.663. The van der Waals surface area contributed by atoms with Crippen LogP contribution in [0.3, 0.4) is 0 Å². The molecule has 1 aliphatic rings. The summed E-state index contributed by atoms with van der Waals surface area (Å²) in [6.07, 6.45) is 4.20. The second-order valence-corrected chi connectivity index (χ2v) is 9.01. The van der Waals surface area contributed by atoms with Crippen LogP contribution < -0.4 is 4.72 Å². The number of ether oxygens (including phenoxy) is 1. The third-order valence-corrected chi connectivity index (χ3v) is 6.77. The van der Waals surface area contributed by atoms with Gasteiger partial charge in [0.05, 0.1) is 35.8 Å².